The topological polar surface area (TPSA) is 114 Å². The second-order valence-corrected chi connectivity index (χ2v) is 8.67. The van der Waals surface area contributed by atoms with Gasteiger partial charge in [0, 0.05) is 22.9 Å². The molecule has 0 fully saturated rings. The predicted molar refractivity (Wildman–Crippen MR) is 139 cm³/mol. The van der Waals surface area contributed by atoms with Gasteiger partial charge >= 0.3 is 6.03 Å². The third-order valence-corrected chi connectivity index (χ3v) is 6.03. The molecule has 0 atom stereocenters. The smallest absolute Gasteiger partial charge is 0.324 e. The molecule has 3 N–H and O–H groups in total. The van der Waals surface area contributed by atoms with Crippen molar-refractivity contribution in [2.24, 2.45) is 0 Å². The number of aromatic nitrogens is 4. The highest BCUT2D eigenvalue weighted by molar-refractivity contribution is 5.99. The minimum atomic E-state index is -0.445. The molecule has 36 heavy (non-hydrogen) atoms. The van der Waals surface area contributed by atoms with Crippen molar-refractivity contribution in [2.75, 3.05) is 17.2 Å². The maximum Gasteiger partial charge on any atom is 0.324 e. The van der Waals surface area contributed by atoms with Gasteiger partial charge in [-0.05, 0) is 49.9 Å². The molecular formula is C27H28N6O3. The Kier molecular flexibility index (Phi) is 6.79. The van der Waals surface area contributed by atoms with Crippen LogP contribution in [-0.4, -0.2) is 32.4 Å². The molecule has 1 aliphatic rings. The number of amides is 2. The van der Waals surface area contributed by atoms with E-state index in [2.05, 4.69) is 32.6 Å². The van der Waals surface area contributed by atoms with Crippen LogP contribution in [0.25, 0.3) is 17.2 Å². The normalized spacial score (nSPS) is 12.2. The SMILES string of the molecule is CCCCOc1ccc(NC(=O)Nc2cc(-c3ccccc3)nn2-c2nc3c(c(=O)[nH]2)CCC3)cc1. The van der Waals surface area contributed by atoms with Crippen molar-refractivity contribution >= 4 is 17.5 Å². The van der Waals surface area contributed by atoms with Crippen molar-refractivity contribution in [1.29, 1.82) is 0 Å². The van der Waals surface area contributed by atoms with E-state index in [1.807, 2.05) is 42.5 Å². The number of carbonyl (C=O) groups is 1. The molecular weight excluding hydrogens is 456 g/mol. The quantitative estimate of drug-likeness (QED) is 0.307. The number of ether oxygens (including phenoxy) is 1. The summed E-state index contributed by atoms with van der Waals surface area (Å²) < 4.78 is 7.14. The highest BCUT2D eigenvalue weighted by Crippen LogP contribution is 2.25. The van der Waals surface area contributed by atoms with Crippen molar-refractivity contribution in [3.63, 3.8) is 0 Å². The standard InChI is InChI=1S/C27H28N6O3/c1-2-3-16-36-20-14-12-19(13-15-20)28-27(35)30-24-17-23(18-8-5-4-6-9-18)32-33(24)26-29-22-11-7-10-21(22)25(34)31-26/h4-6,8-9,12-15,17H,2-3,7,10-11,16H2,1H3,(H2,28,30,35)(H,29,31,34). The first-order chi connectivity index (χ1) is 17.6. The van der Waals surface area contributed by atoms with Gasteiger partial charge in [-0.1, -0.05) is 43.7 Å². The number of fused-ring (bicyclic) bond motifs is 1. The Labute approximate surface area is 208 Å². The largest absolute Gasteiger partial charge is 0.494 e. The minimum absolute atomic E-state index is 0.166. The van der Waals surface area contributed by atoms with E-state index in [4.69, 9.17) is 4.74 Å². The molecule has 4 aromatic rings. The van der Waals surface area contributed by atoms with E-state index in [-0.39, 0.29) is 11.5 Å². The number of aromatic amines is 1. The van der Waals surface area contributed by atoms with Crippen LogP contribution < -0.4 is 20.9 Å². The van der Waals surface area contributed by atoms with Gasteiger partial charge in [0.15, 0.2) is 0 Å². The van der Waals surface area contributed by atoms with Crippen molar-refractivity contribution in [3.8, 4) is 23.0 Å². The molecule has 0 aliphatic heterocycles. The highest BCUT2D eigenvalue weighted by Gasteiger charge is 2.21. The molecule has 5 rings (SSSR count). The third kappa shape index (κ3) is 5.14. The minimum Gasteiger partial charge on any atom is -0.494 e. The van der Waals surface area contributed by atoms with Gasteiger partial charge in [-0.3, -0.25) is 15.1 Å². The summed E-state index contributed by atoms with van der Waals surface area (Å²) in [5, 5.41) is 10.3. The third-order valence-electron chi connectivity index (χ3n) is 6.03. The van der Waals surface area contributed by atoms with Gasteiger partial charge in [-0.25, -0.2) is 9.78 Å². The first-order valence-electron chi connectivity index (χ1n) is 12.2. The number of carbonyl (C=O) groups excluding carboxylic acids is 1. The van der Waals surface area contributed by atoms with Crippen LogP contribution in [0.4, 0.5) is 16.3 Å². The highest BCUT2D eigenvalue weighted by atomic mass is 16.5. The van der Waals surface area contributed by atoms with Gasteiger partial charge in [0.1, 0.15) is 11.6 Å². The van der Waals surface area contributed by atoms with Crippen molar-refractivity contribution in [1.82, 2.24) is 19.7 Å². The first-order valence-corrected chi connectivity index (χ1v) is 12.2. The number of benzene rings is 2. The number of hydrogen-bond donors (Lipinski definition) is 3. The van der Waals surface area contributed by atoms with Crippen LogP contribution in [0, 0.1) is 0 Å². The summed E-state index contributed by atoms with van der Waals surface area (Å²) >= 11 is 0. The number of aryl methyl sites for hydroxylation is 1. The van der Waals surface area contributed by atoms with E-state index in [0.717, 1.165) is 54.7 Å². The molecule has 9 nitrogen and oxygen atoms in total. The Balaban J connectivity index is 1.39. The average molecular weight is 485 g/mol. The second-order valence-electron chi connectivity index (χ2n) is 8.67. The van der Waals surface area contributed by atoms with Crippen LogP contribution in [-0.2, 0) is 12.8 Å². The zero-order valence-electron chi connectivity index (χ0n) is 20.1. The van der Waals surface area contributed by atoms with Crippen molar-refractivity contribution in [3.05, 3.63) is 82.3 Å². The molecule has 0 radical (unpaired) electrons. The van der Waals surface area contributed by atoms with Gasteiger partial charge in [-0.2, -0.15) is 9.78 Å². The number of urea groups is 1. The van der Waals surface area contributed by atoms with E-state index in [1.54, 1.807) is 18.2 Å². The Hall–Kier alpha value is -4.40. The maximum absolute atomic E-state index is 12.9. The van der Waals surface area contributed by atoms with Crippen LogP contribution in [0.1, 0.15) is 37.4 Å². The number of anilines is 2. The Morgan fingerprint density at radius 2 is 1.89 bits per heavy atom. The van der Waals surface area contributed by atoms with Crippen molar-refractivity contribution < 1.29 is 9.53 Å². The molecule has 9 heteroatoms. The lowest BCUT2D eigenvalue weighted by atomic mass is 10.2. The lowest BCUT2D eigenvalue weighted by Crippen LogP contribution is -2.23. The second kappa shape index (κ2) is 10.5. The molecule has 0 saturated heterocycles. The van der Waals surface area contributed by atoms with Gasteiger partial charge in [0.25, 0.3) is 5.56 Å². The number of nitrogens with zero attached hydrogens (tertiary/aromatic N) is 3. The van der Waals surface area contributed by atoms with Gasteiger partial charge in [-0.15, -0.1) is 0 Å². The lowest BCUT2D eigenvalue weighted by molar-refractivity contribution is 0.262. The fourth-order valence-corrected chi connectivity index (χ4v) is 4.16. The number of hydrogen-bond acceptors (Lipinski definition) is 5. The molecule has 2 aromatic heterocycles. The van der Waals surface area contributed by atoms with Crippen molar-refractivity contribution in [2.45, 2.75) is 39.0 Å². The Morgan fingerprint density at radius 3 is 2.67 bits per heavy atom. The lowest BCUT2D eigenvalue weighted by Gasteiger charge is -2.11. The molecule has 0 unspecified atom stereocenters. The summed E-state index contributed by atoms with van der Waals surface area (Å²) in [4.78, 5) is 33.0. The summed E-state index contributed by atoms with van der Waals surface area (Å²) in [5.41, 5.74) is 3.48. The molecule has 2 aromatic carbocycles. The summed E-state index contributed by atoms with van der Waals surface area (Å²) in [6, 6.07) is 18.1. The molecule has 2 heterocycles. The average Bonchev–Trinajstić information content (AvgIpc) is 3.53. The molecule has 0 bridgehead atoms. The van der Waals surface area contributed by atoms with E-state index in [1.165, 1.54) is 4.68 Å². The first kappa shape index (κ1) is 23.3. The fourth-order valence-electron chi connectivity index (χ4n) is 4.16. The predicted octanol–water partition coefficient (Wildman–Crippen LogP) is 4.93. The van der Waals surface area contributed by atoms with Gasteiger partial charge < -0.3 is 10.1 Å². The van der Waals surface area contributed by atoms with Crippen LogP contribution in [0.5, 0.6) is 5.75 Å². The van der Waals surface area contributed by atoms with E-state index < -0.39 is 6.03 Å². The molecule has 184 valence electrons. The zero-order chi connectivity index (χ0) is 24.9. The Morgan fingerprint density at radius 1 is 1.08 bits per heavy atom. The number of unbranched alkanes of at least 4 members (excludes halogenated alkanes) is 1. The molecule has 1 aliphatic carbocycles. The van der Waals surface area contributed by atoms with Crippen LogP contribution in [0.15, 0.2) is 65.5 Å². The van der Waals surface area contributed by atoms with Crippen LogP contribution in [0.3, 0.4) is 0 Å². The molecule has 0 spiro atoms. The van der Waals surface area contributed by atoms with Crippen LogP contribution in [0.2, 0.25) is 0 Å². The summed E-state index contributed by atoms with van der Waals surface area (Å²) in [6.45, 7) is 2.78. The van der Waals surface area contributed by atoms with E-state index >= 15 is 0 Å². The van der Waals surface area contributed by atoms with Gasteiger partial charge in [0.2, 0.25) is 5.95 Å². The molecule has 0 saturated carbocycles. The number of rotatable bonds is 8. The zero-order valence-corrected chi connectivity index (χ0v) is 20.1. The summed E-state index contributed by atoms with van der Waals surface area (Å²) in [6.07, 6.45) is 4.44. The van der Waals surface area contributed by atoms with E-state index in [0.29, 0.717) is 23.8 Å². The summed E-state index contributed by atoms with van der Waals surface area (Å²) in [5.74, 6) is 1.41. The number of H-pyrrole nitrogens is 1. The monoisotopic (exact) mass is 484 g/mol. The Bertz CT molecular complexity index is 1410. The fraction of sp³-hybridized carbons (Fsp3) is 0.259. The number of nitrogens with one attached hydrogen (secondary N) is 3. The van der Waals surface area contributed by atoms with Crippen LogP contribution >= 0.6 is 0 Å². The van der Waals surface area contributed by atoms with Gasteiger partial charge in [0.05, 0.1) is 18.0 Å². The summed E-state index contributed by atoms with van der Waals surface area (Å²) in [7, 11) is 0. The molecule has 2 amide bonds. The maximum atomic E-state index is 12.9. The van der Waals surface area contributed by atoms with E-state index in [9.17, 15) is 9.59 Å².